The molecule has 5 nitrogen and oxygen atoms in total. The van der Waals surface area contributed by atoms with E-state index in [0.717, 1.165) is 5.39 Å². The zero-order chi connectivity index (χ0) is 12.6. The molecule has 2 aromatic rings. The maximum Gasteiger partial charge on any atom is 0.271 e. The second-order valence-corrected chi connectivity index (χ2v) is 3.72. The summed E-state index contributed by atoms with van der Waals surface area (Å²) in [6, 6.07) is 3.49. The highest BCUT2D eigenvalue weighted by Crippen LogP contribution is 2.37. The van der Waals surface area contributed by atoms with E-state index < -0.39 is 0 Å². The lowest BCUT2D eigenvalue weighted by atomic mass is 10.1. The highest BCUT2D eigenvalue weighted by molar-refractivity contribution is 5.99. The van der Waals surface area contributed by atoms with Crippen molar-refractivity contribution in [3.05, 3.63) is 28.2 Å². The van der Waals surface area contributed by atoms with E-state index in [-0.39, 0.29) is 11.2 Å². The monoisotopic (exact) mass is 234 g/mol. The van der Waals surface area contributed by atoms with Crippen LogP contribution in [0.25, 0.3) is 10.8 Å². The predicted molar refractivity (Wildman–Crippen MR) is 66.8 cm³/mol. The van der Waals surface area contributed by atoms with Gasteiger partial charge >= 0.3 is 0 Å². The van der Waals surface area contributed by atoms with Crippen LogP contribution in [0.2, 0.25) is 0 Å². The lowest BCUT2D eigenvalue weighted by molar-refractivity contribution is 0.358. The number of aryl methyl sites for hydroxylation is 1. The van der Waals surface area contributed by atoms with Gasteiger partial charge in [-0.2, -0.15) is 0 Å². The quantitative estimate of drug-likeness (QED) is 0.824. The van der Waals surface area contributed by atoms with Crippen molar-refractivity contribution >= 4 is 16.5 Å². The molecule has 0 atom stereocenters. The number of aromatic amines is 1. The average molecular weight is 234 g/mol. The third-order valence-electron chi connectivity index (χ3n) is 2.76. The molecule has 2 rings (SSSR count). The summed E-state index contributed by atoms with van der Waals surface area (Å²) in [6.07, 6.45) is 0. The molecule has 0 saturated heterocycles. The molecule has 0 unspecified atom stereocenters. The molecule has 1 aromatic heterocycles. The Bertz CT molecular complexity index is 632. The molecule has 1 aromatic carbocycles. The molecule has 3 N–H and O–H groups in total. The fourth-order valence-electron chi connectivity index (χ4n) is 1.95. The molecule has 0 radical (unpaired) electrons. The van der Waals surface area contributed by atoms with Crippen molar-refractivity contribution in [2.45, 2.75) is 6.92 Å². The number of pyridine rings is 1. The van der Waals surface area contributed by atoms with Crippen molar-refractivity contribution in [2.24, 2.45) is 0 Å². The van der Waals surface area contributed by atoms with E-state index in [2.05, 4.69) is 4.98 Å². The van der Waals surface area contributed by atoms with Crippen LogP contribution in [0.3, 0.4) is 0 Å². The van der Waals surface area contributed by atoms with Crippen LogP contribution < -0.4 is 20.8 Å². The van der Waals surface area contributed by atoms with Gasteiger partial charge in [0.05, 0.1) is 14.2 Å². The molecule has 0 aliphatic heterocycles. The first-order chi connectivity index (χ1) is 8.10. The first-order valence-electron chi connectivity index (χ1n) is 5.13. The Kier molecular flexibility index (Phi) is 2.67. The maximum absolute atomic E-state index is 11.6. The summed E-state index contributed by atoms with van der Waals surface area (Å²) >= 11 is 0. The molecule has 5 heteroatoms. The Labute approximate surface area is 98.2 Å². The fourth-order valence-corrected chi connectivity index (χ4v) is 1.95. The van der Waals surface area contributed by atoms with Crippen LogP contribution in [-0.4, -0.2) is 19.2 Å². The first kappa shape index (κ1) is 11.3. The number of aromatic nitrogens is 1. The number of nitrogen functional groups attached to an aromatic ring is 1. The van der Waals surface area contributed by atoms with E-state index in [1.807, 2.05) is 0 Å². The zero-order valence-electron chi connectivity index (χ0n) is 9.96. The van der Waals surface area contributed by atoms with Crippen molar-refractivity contribution in [1.29, 1.82) is 0 Å². The minimum Gasteiger partial charge on any atom is -0.493 e. The molecule has 0 bridgehead atoms. The molecule has 17 heavy (non-hydrogen) atoms. The molecule has 0 fully saturated rings. The molecule has 90 valence electrons. The molecular weight excluding hydrogens is 220 g/mol. The second kappa shape index (κ2) is 4.01. The number of rotatable bonds is 2. The van der Waals surface area contributed by atoms with Gasteiger partial charge in [-0.25, -0.2) is 0 Å². The van der Waals surface area contributed by atoms with Crippen LogP contribution in [0.5, 0.6) is 11.5 Å². The summed E-state index contributed by atoms with van der Waals surface area (Å²) in [7, 11) is 3.12. The molecule has 0 aliphatic rings. The van der Waals surface area contributed by atoms with Gasteiger partial charge in [-0.3, -0.25) is 4.79 Å². The molecule has 1 heterocycles. The number of nitrogens with two attached hydrogens (primary N) is 1. The van der Waals surface area contributed by atoms with Gasteiger partial charge in [-0.1, -0.05) is 0 Å². The molecule has 0 saturated carbocycles. The van der Waals surface area contributed by atoms with Gasteiger partial charge in [0.1, 0.15) is 5.69 Å². The van der Waals surface area contributed by atoms with Gasteiger partial charge in [0.2, 0.25) is 0 Å². The number of fused-ring (bicyclic) bond motifs is 1. The van der Waals surface area contributed by atoms with E-state index in [1.54, 1.807) is 33.3 Å². The normalized spacial score (nSPS) is 10.5. The Hall–Kier alpha value is -2.17. The van der Waals surface area contributed by atoms with E-state index in [9.17, 15) is 4.79 Å². The van der Waals surface area contributed by atoms with Crippen LogP contribution in [0.15, 0.2) is 16.9 Å². The van der Waals surface area contributed by atoms with Crippen molar-refractivity contribution in [2.75, 3.05) is 20.0 Å². The number of methoxy groups -OCH3 is 2. The van der Waals surface area contributed by atoms with Crippen LogP contribution in [0.4, 0.5) is 5.69 Å². The molecular formula is C12H14N2O3. The smallest absolute Gasteiger partial charge is 0.271 e. The van der Waals surface area contributed by atoms with E-state index in [0.29, 0.717) is 22.6 Å². The van der Waals surface area contributed by atoms with Crippen molar-refractivity contribution < 1.29 is 9.47 Å². The lowest BCUT2D eigenvalue weighted by Gasteiger charge is -2.13. The number of hydrogen-bond acceptors (Lipinski definition) is 4. The van der Waals surface area contributed by atoms with Crippen molar-refractivity contribution in [1.82, 2.24) is 4.98 Å². The van der Waals surface area contributed by atoms with Crippen LogP contribution in [-0.2, 0) is 0 Å². The van der Waals surface area contributed by atoms with Crippen molar-refractivity contribution in [3.8, 4) is 11.5 Å². The summed E-state index contributed by atoms with van der Waals surface area (Å²) in [5.74, 6) is 1.18. The van der Waals surface area contributed by atoms with E-state index in [4.69, 9.17) is 15.2 Å². The highest BCUT2D eigenvalue weighted by atomic mass is 16.5. The summed E-state index contributed by atoms with van der Waals surface area (Å²) < 4.78 is 10.5. The number of hydrogen-bond donors (Lipinski definition) is 2. The third kappa shape index (κ3) is 1.60. The second-order valence-electron chi connectivity index (χ2n) is 3.72. The predicted octanol–water partition coefficient (Wildman–Crippen LogP) is 1.44. The van der Waals surface area contributed by atoms with Gasteiger partial charge in [0, 0.05) is 16.5 Å². The number of anilines is 1. The highest BCUT2D eigenvalue weighted by Gasteiger charge is 2.14. The SMILES string of the molecule is COc1ccc2c(N)c(=O)[nH]c(C)c2c1OC. The number of ether oxygens (including phenoxy) is 2. The minimum atomic E-state index is -0.290. The van der Waals surface area contributed by atoms with Gasteiger partial charge in [-0.05, 0) is 19.1 Å². The molecule has 0 spiro atoms. The Balaban J connectivity index is 2.99. The summed E-state index contributed by atoms with van der Waals surface area (Å²) in [5, 5.41) is 1.44. The fraction of sp³-hybridized carbons (Fsp3) is 0.250. The van der Waals surface area contributed by atoms with E-state index >= 15 is 0 Å². The van der Waals surface area contributed by atoms with E-state index in [1.165, 1.54) is 0 Å². The van der Waals surface area contributed by atoms with Crippen LogP contribution >= 0.6 is 0 Å². The Morgan fingerprint density at radius 2 is 1.94 bits per heavy atom. The van der Waals surface area contributed by atoms with Crippen molar-refractivity contribution in [3.63, 3.8) is 0 Å². The largest absolute Gasteiger partial charge is 0.493 e. The summed E-state index contributed by atoms with van der Waals surface area (Å²) in [4.78, 5) is 14.2. The molecule has 0 amide bonds. The standard InChI is InChI=1S/C12H14N2O3/c1-6-9-7(10(13)12(15)14-6)4-5-8(16-2)11(9)17-3/h4-5H,13H2,1-3H3,(H,14,15). The minimum absolute atomic E-state index is 0.187. The Morgan fingerprint density at radius 3 is 2.53 bits per heavy atom. The molecule has 0 aliphatic carbocycles. The summed E-state index contributed by atoms with van der Waals surface area (Å²) in [6.45, 7) is 1.80. The van der Waals surface area contributed by atoms with Gasteiger partial charge in [0.25, 0.3) is 5.56 Å². The topological polar surface area (TPSA) is 77.3 Å². The Morgan fingerprint density at radius 1 is 1.24 bits per heavy atom. The number of H-pyrrole nitrogens is 1. The third-order valence-corrected chi connectivity index (χ3v) is 2.76. The summed E-state index contributed by atoms with van der Waals surface area (Å²) in [5.41, 5.74) is 6.36. The van der Waals surface area contributed by atoms with Gasteiger partial charge in [-0.15, -0.1) is 0 Å². The number of benzene rings is 1. The zero-order valence-corrected chi connectivity index (χ0v) is 9.96. The lowest BCUT2D eigenvalue weighted by Crippen LogP contribution is -2.13. The maximum atomic E-state index is 11.6. The average Bonchev–Trinajstić information content (AvgIpc) is 2.34. The van der Waals surface area contributed by atoms with Gasteiger partial charge < -0.3 is 20.2 Å². The first-order valence-corrected chi connectivity index (χ1v) is 5.13. The van der Waals surface area contributed by atoms with Gasteiger partial charge in [0.15, 0.2) is 11.5 Å². The van der Waals surface area contributed by atoms with Crippen LogP contribution in [0.1, 0.15) is 5.69 Å². The van der Waals surface area contributed by atoms with Crippen LogP contribution in [0, 0.1) is 6.92 Å². The number of nitrogens with one attached hydrogen (secondary N) is 1.